The topological polar surface area (TPSA) is 221 Å². The molecule has 45 heavy (non-hydrogen) atoms. The number of hydrogen-bond donors (Lipinski definition) is 4. The minimum atomic E-state index is -4.03. The molecular formula is C23H28N10O8P2S2. The normalized spacial score (nSPS) is 35.4. The molecule has 4 bridgehead atoms. The van der Waals surface area contributed by atoms with Crippen LogP contribution in [0.5, 0.6) is 0 Å². The van der Waals surface area contributed by atoms with E-state index in [-0.39, 0.29) is 58.1 Å². The van der Waals surface area contributed by atoms with E-state index in [0.717, 1.165) is 0 Å². The number of aromatic nitrogens is 8. The van der Waals surface area contributed by atoms with Gasteiger partial charge in [0.25, 0.3) is 0 Å². The summed E-state index contributed by atoms with van der Waals surface area (Å²) in [7, 11) is -0.130. The summed E-state index contributed by atoms with van der Waals surface area (Å²) in [6, 6.07) is 0. The van der Waals surface area contributed by atoms with E-state index in [9.17, 15) is 4.57 Å². The summed E-state index contributed by atoms with van der Waals surface area (Å²) >= 11 is 8.52. The van der Waals surface area contributed by atoms with Crippen LogP contribution in [-0.4, -0.2) is 95.5 Å². The van der Waals surface area contributed by atoms with Crippen LogP contribution in [0.15, 0.2) is 25.3 Å². The van der Waals surface area contributed by atoms with E-state index in [1.807, 2.05) is 6.92 Å². The highest BCUT2D eigenvalue weighted by Crippen LogP contribution is 2.61. The van der Waals surface area contributed by atoms with Crippen molar-refractivity contribution in [1.29, 1.82) is 0 Å². The van der Waals surface area contributed by atoms with Crippen molar-refractivity contribution in [3.05, 3.63) is 25.3 Å². The van der Waals surface area contributed by atoms with Crippen LogP contribution in [0.1, 0.15) is 13.2 Å². The van der Waals surface area contributed by atoms with Crippen LogP contribution < -0.4 is 11.5 Å². The zero-order chi connectivity index (χ0) is 31.1. The fourth-order valence-corrected chi connectivity index (χ4v) is 8.68. The van der Waals surface area contributed by atoms with E-state index in [4.69, 9.17) is 44.0 Å². The number of imidazole rings is 2. The van der Waals surface area contributed by atoms with Gasteiger partial charge in [-0.2, -0.15) is 0 Å². The lowest BCUT2D eigenvalue weighted by Gasteiger charge is -2.33. The lowest BCUT2D eigenvalue weighted by atomic mass is 9.96. The molecule has 4 aromatic heterocycles. The van der Waals surface area contributed by atoms with Gasteiger partial charge >= 0.3 is 6.80 Å². The molecule has 0 amide bonds. The lowest BCUT2D eigenvalue weighted by Crippen LogP contribution is -2.45. The standard InChI is InChI=1S/C23H28N10O8P2S2/c1-10-14-11(39-23(10,5-36-14)33-9-31-13-18(25)27-7-29-20(13)33)2-38-43(34,45)41-16-15-21(40-22(16,3-35-15)4-37-42-44)32-8-30-12-17(24)26-6-28-19(12)32/h6-11,14-16,21,42,44H,2-5H2,1H3,(H,34,45)(H2,24,26,28)(H2,25,27,29)/t10-,11-,14+,15-,16+,21-,22-,23-,43+/m1/s1. The predicted molar refractivity (Wildman–Crippen MR) is 164 cm³/mol. The molecule has 1 unspecified atom stereocenters. The first kappa shape index (κ1) is 30.1. The first-order valence-corrected chi connectivity index (χ1v) is 18.7. The van der Waals surface area contributed by atoms with Crippen LogP contribution in [0.25, 0.3) is 22.3 Å². The van der Waals surface area contributed by atoms with Crippen molar-refractivity contribution in [2.75, 3.05) is 37.9 Å². The van der Waals surface area contributed by atoms with Gasteiger partial charge in [-0.05, 0) is 0 Å². The van der Waals surface area contributed by atoms with E-state index in [0.29, 0.717) is 22.3 Å². The summed E-state index contributed by atoms with van der Waals surface area (Å²) < 4.78 is 60.0. The molecule has 0 spiro atoms. The number of nitrogens with two attached hydrogens (primary N) is 2. The Kier molecular flexibility index (Phi) is 7.31. The largest absolute Gasteiger partial charge is 0.386 e. The highest BCUT2D eigenvalue weighted by atomic mass is 32.7. The van der Waals surface area contributed by atoms with Crippen molar-refractivity contribution in [3.8, 4) is 0 Å². The number of nitrogen functional groups attached to an aromatic ring is 2. The zero-order valence-corrected chi connectivity index (χ0v) is 27.1. The highest BCUT2D eigenvalue weighted by Gasteiger charge is 2.65. The molecular weight excluding hydrogens is 670 g/mol. The summed E-state index contributed by atoms with van der Waals surface area (Å²) in [5.41, 5.74) is 11.7. The molecule has 4 aliphatic rings. The van der Waals surface area contributed by atoms with Crippen LogP contribution >= 0.6 is 39.3 Å². The van der Waals surface area contributed by atoms with Crippen LogP contribution in [0.2, 0.25) is 0 Å². The van der Waals surface area contributed by atoms with Crippen molar-refractivity contribution >= 4 is 73.3 Å². The van der Waals surface area contributed by atoms with Gasteiger partial charge in [-0.1, -0.05) is 19.2 Å². The Labute approximate surface area is 266 Å². The molecule has 4 saturated heterocycles. The van der Waals surface area contributed by atoms with Gasteiger partial charge < -0.3 is 34.9 Å². The monoisotopic (exact) mass is 698 g/mol. The average Bonchev–Trinajstić information content (AvgIpc) is 3.87. The SMILES string of the molecule is C[C@@H]1[C@@H]2OC[C@@]1(n1cnc3c(N)ncnc31)O[C@@H]2CO[P@](=O)(S)O[C@H]1[C@H]2OC[C@]1(COPS)O[C@H]2n1cnc2c(N)ncnc21. The van der Waals surface area contributed by atoms with Gasteiger partial charge in [-0.15, -0.1) is 12.2 Å². The maximum absolute atomic E-state index is 13.8. The smallest absolute Gasteiger partial charge is 0.382 e. The molecule has 22 heteroatoms. The molecule has 8 rings (SSSR count). The third-order valence-electron chi connectivity index (χ3n) is 8.84. The van der Waals surface area contributed by atoms with Crippen LogP contribution in [0, 0.1) is 5.92 Å². The third kappa shape index (κ3) is 4.61. The number of rotatable bonds is 10. The Hall–Kier alpha value is -2.22. The number of ether oxygens (including phenoxy) is 4. The van der Waals surface area contributed by atoms with Gasteiger partial charge in [0, 0.05) is 5.92 Å². The molecule has 10 atom stereocenters. The molecule has 4 N–H and O–H groups in total. The van der Waals surface area contributed by atoms with Crippen molar-refractivity contribution in [2.24, 2.45) is 5.92 Å². The van der Waals surface area contributed by atoms with Gasteiger partial charge in [0.1, 0.15) is 47.6 Å². The van der Waals surface area contributed by atoms with E-state index in [1.165, 1.54) is 19.0 Å². The van der Waals surface area contributed by atoms with Crippen molar-refractivity contribution in [3.63, 3.8) is 0 Å². The summed E-state index contributed by atoms with van der Waals surface area (Å²) in [6.07, 6.45) is 2.50. The zero-order valence-electron chi connectivity index (χ0n) is 23.4. The fraction of sp³-hybridized carbons (Fsp3) is 0.565. The molecule has 4 aliphatic heterocycles. The summed E-state index contributed by atoms with van der Waals surface area (Å²) in [4.78, 5) is 25.4. The maximum Gasteiger partial charge on any atom is 0.386 e. The number of fused-ring (bicyclic) bond motifs is 6. The molecule has 240 valence electrons. The average molecular weight is 699 g/mol. The second kappa shape index (κ2) is 10.9. The van der Waals surface area contributed by atoms with Gasteiger partial charge in [0.2, 0.25) is 0 Å². The Balaban J connectivity index is 1.01. The van der Waals surface area contributed by atoms with E-state index in [1.54, 1.807) is 15.5 Å². The van der Waals surface area contributed by atoms with Gasteiger partial charge in [0.15, 0.2) is 34.9 Å². The van der Waals surface area contributed by atoms with Crippen LogP contribution in [0.3, 0.4) is 0 Å². The lowest BCUT2D eigenvalue weighted by molar-refractivity contribution is -0.188. The molecule has 4 aromatic rings. The van der Waals surface area contributed by atoms with Crippen LogP contribution in [0.4, 0.5) is 11.6 Å². The number of thiol groups is 2. The maximum atomic E-state index is 13.8. The van der Waals surface area contributed by atoms with E-state index >= 15 is 0 Å². The Morgan fingerprint density at radius 3 is 2.51 bits per heavy atom. The second-order valence-electron chi connectivity index (χ2n) is 11.2. The molecule has 0 aliphatic carbocycles. The number of hydrogen-bond acceptors (Lipinski definition) is 17. The first-order chi connectivity index (χ1) is 21.7. The molecule has 0 radical (unpaired) electrons. The third-order valence-corrected chi connectivity index (χ3v) is 11.1. The quantitative estimate of drug-likeness (QED) is 0.136. The van der Waals surface area contributed by atoms with Gasteiger partial charge in [0.05, 0.1) is 53.2 Å². The molecule has 8 heterocycles. The minimum Gasteiger partial charge on any atom is -0.382 e. The van der Waals surface area contributed by atoms with Gasteiger partial charge in [-0.3, -0.25) is 18.2 Å². The van der Waals surface area contributed by atoms with Gasteiger partial charge in [-0.25, -0.2) is 34.5 Å². The molecule has 0 saturated carbocycles. The Morgan fingerprint density at radius 1 is 1.02 bits per heavy atom. The Morgan fingerprint density at radius 2 is 1.73 bits per heavy atom. The Bertz CT molecular complexity index is 1840. The number of nitrogens with zero attached hydrogens (tertiary/aromatic N) is 8. The number of anilines is 2. The molecule has 0 aromatic carbocycles. The second-order valence-corrected chi connectivity index (χ2v) is 15.1. The highest BCUT2D eigenvalue weighted by molar-refractivity contribution is 8.44. The van der Waals surface area contributed by atoms with E-state index < -0.39 is 42.7 Å². The summed E-state index contributed by atoms with van der Waals surface area (Å²) in [6.45, 7) is -1.74. The van der Waals surface area contributed by atoms with E-state index in [2.05, 4.69) is 54.4 Å². The first-order valence-electron chi connectivity index (χ1n) is 13.8. The molecule has 4 fully saturated rings. The van der Waals surface area contributed by atoms with Crippen molar-refractivity contribution in [2.45, 2.75) is 48.9 Å². The minimum absolute atomic E-state index is 0.0543. The summed E-state index contributed by atoms with van der Waals surface area (Å²) in [5.74, 6) is 0.357. The fourth-order valence-electron chi connectivity index (χ4n) is 6.68. The van der Waals surface area contributed by atoms with Crippen molar-refractivity contribution < 1.29 is 37.1 Å². The summed E-state index contributed by atoms with van der Waals surface area (Å²) in [5, 5.41) is 0. The predicted octanol–water partition coefficient (Wildman–Crippen LogP) is 1.48. The molecule has 18 nitrogen and oxygen atoms in total. The van der Waals surface area contributed by atoms with Crippen LogP contribution in [-0.2, 0) is 42.8 Å². The van der Waals surface area contributed by atoms with Crippen molar-refractivity contribution in [1.82, 2.24) is 39.0 Å².